The minimum Gasteiger partial charge on any atom is -0.368 e. The average Bonchev–Trinajstić information content (AvgIpc) is 3.11. The highest BCUT2D eigenvalue weighted by molar-refractivity contribution is 7.20. The van der Waals surface area contributed by atoms with Crippen LogP contribution in [0.2, 0.25) is 0 Å². The molecular weight excluding hydrogens is 457 g/mol. The molecule has 0 saturated carbocycles. The van der Waals surface area contributed by atoms with Crippen molar-refractivity contribution in [2.24, 2.45) is 0 Å². The molecule has 0 bridgehead atoms. The molecule has 8 nitrogen and oxygen atoms in total. The number of anilines is 1. The lowest BCUT2D eigenvalue weighted by molar-refractivity contribution is -0.123. The molecule has 3 aromatic rings. The molecule has 2 aromatic heterocycles. The first kappa shape index (κ1) is 23.9. The van der Waals surface area contributed by atoms with Crippen molar-refractivity contribution in [1.29, 1.82) is 0 Å². The minimum absolute atomic E-state index is 0.129. The highest BCUT2D eigenvalue weighted by atomic mass is 32.1. The van der Waals surface area contributed by atoms with Gasteiger partial charge in [-0.2, -0.15) is 0 Å². The molecule has 1 saturated heterocycles. The van der Waals surface area contributed by atoms with Gasteiger partial charge in [0.05, 0.1) is 16.6 Å². The van der Waals surface area contributed by atoms with Crippen LogP contribution in [0.4, 0.5) is 10.1 Å². The van der Waals surface area contributed by atoms with Crippen LogP contribution in [0, 0.1) is 12.7 Å². The lowest BCUT2D eigenvalue weighted by Gasteiger charge is -2.36. The predicted octanol–water partition coefficient (Wildman–Crippen LogP) is 2.78. The number of carbonyl (C=O) groups excluding carboxylic acids is 2. The molecule has 1 aliphatic heterocycles. The number of halogens is 1. The maximum Gasteiger partial charge on any atom is 0.264 e. The number of aromatic nitrogens is 2. The number of hydrogen-bond acceptors (Lipinski definition) is 6. The van der Waals surface area contributed by atoms with Gasteiger partial charge in [0.2, 0.25) is 5.91 Å². The van der Waals surface area contributed by atoms with Gasteiger partial charge in [0.25, 0.3) is 11.5 Å². The Bertz CT molecular complexity index is 1280. The normalized spacial score (nSPS) is 14.5. The zero-order valence-electron chi connectivity index (χ0n) is 19.7. The van der Waals surface area contributed by atoms with Crippen LogP contribution in [-0.2, 0) is 11.3 Å². The summed E-state index contributed by atoms with van der Waals surface area (Å²) in [5, 5.41) is 3.21. The van der Waals surface area contributed by atoms with Gasteiger partial charge in [-0.25, -0.2) is 9.37 Å². The van der Waals surface area contributed by atoms with Gasteiger partial charge in [-0.15, -0.1) is 11.3 Å². The van der Waals surface area contributed by atoms with Crippen LogP contribution in [0.25, 0.3) is 10.2 Å². The fraction of sp³-hybridized carbons (Fsp3) is 0.417. The largest absolute Gasteiger partial charge is 0.368 e. The SMILES string of the molecule is Cc1c(C(=O)N2CCN(c3ccc(F)cc3)CC2)sc2ncn(CC(=O)NC(C)(C)C)c(=O)c12. The summed E-state index contributed by atoms with van der Waals surface area (Å²) in [7, 11) is 0. The number of rotatable bonds is 4. The number of nitrogens with zero attached hydrogens (tertiary/aromatic N) is 4. The van der Waals surface area contributed by atoms with E-state index in [1.807, 2.05) is 20.8 Å². The second-order valence-corrected chi connectivity index (χ2v) is 10.5. The number of hydrogen-bond donors (Lipinski definition) is 1. The Kier molecular flexibility index (Phi) is 6.44. The Morgan fingerprint density at radius 2 is 1.76 bits per heavy atom. The van der Waals surface area contributed by atoms with Crippen molar-refractivity contribution in [3.8, 4) is 0 Å². The van der Waals surface area contributed by atoms with Gasteiger partial charge >= 0.3 is 0 Å². The van der Waals surface area contributed by atoms with E-state index in [-0.39, 0.29) is 29.7 Å². The predicted molar refractivity (Wildman–Crippen MR) is 131 cm³/mol. The lowest BCUT2D eigenvalue weighted by Crippen LogP contribution is -2.48. The summed E-state index contributed by atoms with van der Waals surface area (Å²) >= 11 is 1.20. The molecule has 0 unspecified atom stereocenters. The molecule has 1 aromatic carbocycles. The third-order valence-corrected chi connectivity index (χ3v) is 6.89. The van der Waals surface area contributed by atoms with Gasteiger partial charge in [0.1, 0.15) is 17.2 Å². The standard InChI is InChI=1S/C24H28FN5O3S/c1-15-19-21(26-14-30(22(19)32)13-18(31)27-24(2,3)4)34-20(15)23(33)29-11-9-28(10-12-29)17-7-5-16(25)6-8-17/h5-8,14H,9-13H2,1-4H3,(H,27,31). The molecule has 180 valence electrons. The number of carbonyl (C=O) groups is 2. The van der Waals surface area contributed by atoms with Gasteiger partial charge in [-0.05, 0) is 57.5 Å². The number of piperazine rings is 1. The lowest BCUT2D eigenvalue weighted by atomic mass is 10.1. The van der Waals surface area contributed by atoms with Gasteiger partial charge in [-0.1, -0.05) is 0 Å². The highest BCUT2D eigenvalue weighted by Gasteiger charge is 2.27. The van der Waals surface area contributed by atoms with Crippen molar-refractivity contribution in [3.05, 3.63) is 57.2 Å². The quantitative estimate of drug-likeness (QED) is 0.614. The summed E-state index contributed by atoms with van der Waals surface area (Å²) in [5.74, 6) is -0.685. The first-order valence-corrected chi connectivity index (χ1v) is 11.9. The Balaban J connectivity index is 1.51. The molecule has 2 amide bonds. The molecule has 3 heterocycles. The summed E-state index contributed by atoms with van der Waals surface area (Å²) < 4.78 is 14.5. The summed E-state index contributed by atoms with van der Waals surface area (Å²) in [6.45, 7) is 9.54. The Labute approximate surface area is 201 Å². The van der Waals surface area contributed by atoms with E-state index in [1.54, 1.807) is 24.0 Å². The van der Waals surface area contributed by atoms with Gasteiger partial charge < -0.3 is 15.1 Å². The molecule has 34 heavy (non-hydrogen) atoms. The van der Waals surface area contributed by atoms with E-state index >= 15 is 0 Å². The third-order valence-electron chi connectivity index (χ3n) is 5.70. The molecule has 0 aliphatic carbocycles. The van der Waals surface area contributed by atoms with Crippen LogP contribution in [0.5, 0.6) is 0 Å². The number of aryl methyl sites for hydroxylation is 1. The number of nitrogens with one attached hydrogen (secondary N) is 1. The number of amides is 2. The van der Waals surface area contributed by atoms with E-state index in [4.69, 9.17) is 0 Å². The fourth-order valence-corrected chi connectivity index (χ4v) is 5.16. The maximum atomic E-state index is 13.3. The van der Waals surface area contributed by atoms with E-state index in [2.05, 4.69) is 15.2 Å². The van der Waals surface area contributed by atoms with Crippen molar-refractivity contribution in [2.75, 3.05) is 31.1 Å². The molecule has 0 atom stereocenters. The maximum absolute atomic E-state index is 13.3. The monoisotopic (exact) mass is 485 g/mol. The van der Waals surface area contributed by atoms with E-state index in [1.165, 1.54) is 34.4 Å². The topological polar surface area (TPSA) is 87.5 Å². The van der Waals surface area contributed by atoms with Crippen molar-refractivity contribution in [3.63, 3.8) is 0 Å². The first-order valence-electron chi connectivity index (χ1n) is 11.1. The third kappa shape index (κ3) is 4.96. The summed E-state index contributed by atoms with van der Waals surface area (Å²) in [6, 6.07) is 6.34. The molecule has 0 radical (unpaired) electrons. The molecule has 10 heteroatoms. The summed E-state index contributed by atoms with van der Waals surface area (Å²) in [5.41, 5.74) is 0.778. The zero-order chi connectivity index (χ0) is 24.6. The molecule has 1 aliphatic rings. The fourth-order valence-electron chi connectivity index (χ4n) is 4.05. The summed E-state index contributed by atoms with van der Waals surface area (Å²) in [6.07, 6.45) is 1.36. The van der Waals surface area contributed by atoms with Crippen molar-refractivity contribution in [2.45, 2.75) is 39.8 Å². The van der Waals surface area contributed by atoms with Crippen LogP contribution in [0.15, 0.2) is 35.4 Å². The number of benzene rings is 1. The van der Waals surface area contributed by atoms with Crippen molar-refractivity contribution >= 4 is 39.1 Å². The molecule has 4 rings (SSSR count). The average molecular weight is 486 g/mol. The smallest absolute Gasteiger partial charge is 0.264 e. The van der Waals surface area contributed by atoms with E-state index < -0.39 is 5.54 Å². The van der Waals surface area contributed by atoms with Crippen molar-refractivity contribution in [1.82, 2.24) is 19.8 Å². The Hall–Kier alpha value is -3.27. The Morgan fingerprint density at radius 3 is 2.38 bits per heavy atom. The number of thiophene rings is 1. The van der Waals surface area contributed by atoms with Crippen LogP contribution >= 0.6 is 11.3 Å². The van der Waals surface area contributed by atoms with E-state index in [9.17, 15) is 18.8 Å². The Morgan fingerprint density at radius 1 is 1.12 bits per heavy atom. The van der Waals surface area contributed by atoms with Crippen molar-refractivity contribution < 1.29 is 14.0 Å². The van der Waals surface area contributed by atoms with Gasteiger partial charge in [-0.3, -0.25) is 19.0 Å². The van der Waals surface area contributed by atoms with E-state index in [0.29, 0.717) is 46.8 Å². The van der Waals surface area contributed by atoms with Gasteiger partial charge in [0.15, 0.2) is 0 Å². The van der Waals surface area contributed by atoms with Crippen LogP contribution in [0.1, 0.15) is 36.0 Å². The van der Waals surface area contributed by atoms with Crippen LogP contribution in [-0.4, -0.2) is 58.0 Å². The zero-order valence-corrected chi connectivity index (χ0v) is 20.5. The first-order chi connectivity index (χ1) is 16.0. The highest BCUT2D eigenvalue weighted by Crippen LogP contribution is 2.28. The second kappa shape index (κ2) is 9.17. The molecule has 1 fully saturated rings. The molecule has 1 N–H and O–H groups in total. The number of fused-ring (bicyclic) bond motifs is 1. The summed E-state index contributed by atoms with van der Waals surface area (Å²) in [4.78, 5) is 47.9. The van der Waals surface area contributed by atoms with Crippen LogP contribution < -0.4 is 15.8 Å². The van der Waals surface area contributed by atoms with Crippen LogP contribution in [0.3, 0.4) is 0 Å². The molecular formula is C24H28FN5O3S. The van der Waals surface area contributed by atoms with E-state index in [0.717, 1.165) is 5.69 Å². The van der Waals surface area contributed by atoms with Gasteiger partial charge in [0, 0.05) is 37.4 Å². The molecule has 0 spiro atoms. The second-order valence-electron chi connectivity index (χ2n) is 9.47. The minimum atomic E-state index is -0.406.